The third kappa shape index (κ3) is 2.08. The Kier molecular flexibility index (Phi) is 3.06. The molecule has 1 aromatic heterocycles. The Balaban J connectivity index is 2.03. The number of hydrogen-bond donors (Lipinski definition) is 2. The van der Waals surface area contributed by atoms with Gasteiger partial charge in [0, 0.05) is 18.4 Å². The Bertz CT molecular complexity index is 272. The van der Waals surface area contributed by atoms with Crippen molar-refractivity contribution in [2.24, 2.45) is 0 Å². The van der Waals surface area contributed by atoms with Gasteiger partial charge >= 0.3 is 0 Å². The monoisotopic (exact) mass is 193 g/mol. The molecule has 1 aliphatic rings. The number of aromatic nitrogens is 2. The zero-order chi connectivity index (χ0) is 9.80. The van der Waals surface area contributed by atoms with E-state index >= 15 is 0 Å². The lowest BCUT2D eigenvalue weighted by Gasteiger charge is -2.27. The Hall–Kier alpha value is -1.00. The molecule has 4 nitrogen and oxygen atoms in total. The van der Waals surface area contributed by atoms with Gasteiger partial charge in [0.05, 0.1) is 11.9 Å². The lowest BCUT2D eigenvalue weighted by atomic mass is 9.98. The minimum absolute atomic E-state index is 0.139. The molecule has 2 unspecified atom stereocenters. The fraction of sp³-hybridized carbons (Fsp3) is 0.600. The van der Waals surface area contributed by atoms with Gasteiger partial charge in [-0.15, -0.1) is 0 Å². The summed E-state index contributed by atoms with van der Waals surface area (Å²) >= 11 is 0. The number of piperidine rings is 1. The van der Waals surface area contributed by atoms with Gasteiger partial charge in [-0.3, -0.25) is 9.97 Å². The molecule has 0 spiro atoms. The van der Waals surface area contributed by atoms with Crippen molar-refractivity contribution in [1.82, 2.24) is 15.3 Å². The van der Waals surface area contributed by atoms with Crippen LogP contribution >= 0.6 is 0 Å². The first kappa shape index (κ1) is 9.55. The van der Waals surface area contributed by atoms with Crippen LogP contribution in [0.1, 0.15) is 31.1 Å². The number of aliphatic hydroxyl groups is 1. The zero-order valence-electron chi connectivity index (χ0n) is 8.06. The third-order valence-corrected chi connectivity index (χ3v) is 2.62. The van der Waals surface area contributed by atoms with E-state index in [0.717, 1.165) is 13.0 Å². The highest BCUT2D eigenvalue weighted by molar-refractivity contribution is 5.03. The summed E-state index contributed by atoms with van der Waals surface area (Å²) in [4.78, 5) is 8.05. The molecule has 1 aromatic rings. The molecule has 2 atom stereocenters. The fourth-order valence-electron chi connectivity index (χ4n) is 1.82. The van der Waals surface area contributed by atoms with Crippen LogP contribution in [-0.2, 0) is 0 Å². The fourth-order valence-corrected chi connectivity index (χ4v) is 1.82. The summed E-state index contributed by atoms with van der Waals surface area (Å²) in [5.74, 6) is 0. The van der Waals surface area contributed by atoms with Crippen molar-refractivity contribution < 1.29 is 5.11 Å². The maximum Gasteiger partial charge on any atom is 0.113 e. The first-order valence-corrected chi connectivity index (χ1v) is 5.05. The van der Waals surface area contributed by atoms with E-state index in [9.17, 15) is 5.11 Å². The van der Waals surface area contributed by atoms with Crippen LogP contribution in [0, 0.1) is 0 Å². The van der Waals surface area contributed by atoms with Crippen LogP contribution < -0.4 is 5.32 Å². The number of hydrogen-bond acceptors (Lipinski definition) is 4. The first-order chi connectivity index (χ1) is 6.88. The smallest absolute Gasteiger partial charge is 0.113 e. The largest absolute Gasteiger partial charge is 0.385 e. The molecule has 4 heteroatoms. The minimum atomic E-state index is -0.524. The molecule has 2 heterocycles. The summed E-state index contributed by atoms with van der Waals surface area (Å²) in [6.45, 7) is 0.988. The van der Waals surface area contributed by atoms with Crippen LogP contribution in [0.3, 0.4) is 0 Å². The number of rotatable bonds is 2. The van der Waals surface area contributed by atoms with Crippen LogP contribution in [0.4, 0.5) is 0 Å². The molecule has 1 aliphatic heterocycles. The molecule has 1 saturated heterocycles. The Labute approximate surface area is 83.4 Å². The van der Waals surface area contributed by atoms with E-state index in [1.807, 2.05) is 0 Å². The molecular formula is C10H15N3O. The summed E-state index contributed by atoms with van der Waals surface area (Å²) in [5.41, 5.74) is 0.659. The lowest BCUT2D eigenvalue weighted by molar-refractivity contribution is 0.109. The first-order valence-electron chi connectivity index (χ1n) is 5.05. The van der Waals surface area contributed by atoms with Crippen LogP contribution in [0.15, 0.2) is 18.6 Å². The minimum Gasteiger partial charge on any atom is -0.385 e. The zero-order valence-corrected chi connectivity index (χ0v) is 8.06. The highest BCUT2D eigenvalue weighted by Crippen LogP contribution is 2.20. The van der Waals surface area contributed by atoms with Gasteiger partial charge in [0.25, 0.3) is 0 Å². The van der Waals surface area contributed by atoms with Crippen molar-refractivity contribution >= 4 is 0 Å². The molecule has 0 aromatic carbocycles. The molecule has 0 aliphatic carbocycles. The molecule has 1 fully saturated rings. The predicted octanol–water partition coefficient (Wildman–Crippen LogP) is 0.652. The normalized spacial score (nSPS) is 24.5. The van der Waals surface area contributed by atoms with Crippen molar-refractivity contribution in [3.8, 4) is 0 Å². The van der Waals surface area contributed by atoms with Crippen molar-refractivity contribution in [3.63, 3.8) is 0 Å². The molecule has 76 valence electrons. The van der Waals surface area contributed by atoms with E-state index in [-0.39, 0.29) is 6.04 Å². The van der Waals surface area contributed by atoms with E-state index < -0.39 is 6.10 Å². The van der Waals surface area contributed by atoms with E-state index in [0.29, 0.717) is 5.69 Å². The summed E-state index contributed by atoms with van der Waals surface area (Å²) < 4.78 is 0. The lowest BCUT2D eigenvalue weighted by Crippen LogP contribution is -2.39. The van der Waals surface area contributed by atoms with E-state index in [4.69, 9.17) is 0 Å². The number of nitrogens with zero attached hydrogens (tertiary/aromatic N) is 2. The molecule has 0 amide bonds. The second-order valence-corrected chi connectivity index (χ2v) is 3.63. The van der Waals surface area contributed by atoms with E-state index in [2.05, 4.69) is 15.3 Å². The Morgan fingerprint density at radius 1 is 1.43 bits per heavy atom. The van der Waals surface area contributed by atoms with E-state index in [1.165, 1.54) is 12.8 Å². The number of aliphatic hydroxyl groups excluding tert-OH is 1. The molecule has 2 N–H and O–H groups in total. The van der Waals surface area contributed by atoms with Crippen LogP contribution in [-0.4, -0.2) is 27.7 Å². The highest BCUT2D eigenvalue weighted by atomic mass is 16.3. The summed E-state index contributed by atoms with van der Waals surface area (Å²) in [7, 11) is 0. The second-order valence-electron chi connectivity index (χ2n) is 3.63. The van der Waals surface area contributed by atoms with Crippen molar-refractivity contribution in [2.45, 2.75) is 31.4 Å². The van der Waals surface area contributed by atoms with Gasteiger partial charge in [0.15, 0.2) is 0 Å². The van der Waals surface area contributed by atoms with Gasteiger partial charge in [-0.1, -0.05) is 6.42 Å². The average Bonchev–Trinajstić information content (AvgIpc) is 2.30. The van der Waals surface area contributed by atoms with Crippen LogP contribution in [0.5, 0.6) is 0 Å². The van der Waals surface area contributed by atoms with Crippen molar-refractivity contribution in [2.75, 3.05) is 6.54 Å². The molecule has 0 bridgehead atoms. The SMILES string of the molecule is OC(c1cnccn1)C1CCCCN1. The summed E-state index contributed by atoms with van der Waals surface area (Å²) in [6, 6.07) is 0.139. The van der Waals surface area contributed by atoms with Crippen LogP contribution in [0.2, 0.25) is 0 Å². The highest BCUT2D eigenvalue weighted by Gasteiger charge is 2.23. The van der Waals surface area contributed by atoms with Gasteiger partial charge in [-0.25, -0.2) is 0 Å². The quantitative estimate of drug-likeness (QED) is 0.724. The van der Waals surface area contributed by atoms with Crippen molar-refractivity contribution in [1.29, 1.82) is 0 Å². The summed E-state index contributed by atoms with van der Waals surface area (Å²) in [5, 5.41) is 13.3. The second kappa shape index (κ2) is 4.48. The standard InChI is InChI=1S/C10H15N3O/c14-10(8-3-1-2-4-12-8)9-7-11-5-6-13-9/h5-8,10,12,14H,1-4H2. The number of nitrogens with one attached hydrogen (secondary N) is 1. The van der Waals surface area contributed by atoms with Gasteiger partial charge in [-0.05, 0) is 19.4 Å². The predicted molar refractivity (Wildman–Crippen MR) is 52.6 cm³/mol. The Morgan fingerprint density at radius 2 is 2.36 bits per heavy atom. The van der Waals surface area contributed by atoms with Crippen LogP contribution in [0.25, 0.3) is 0 Å². The van der Waals surface area contributed by atoms with Gasteiger partial charge in [0.1, 0.15) is 6.10 Å². The van der Waals surface area contributed by atoms with Crippen molar-refractivity contribution in [3.05, 3.63) is 24.3 Å². The Morgan fingerprint density at radius 3 is 3.00 bits per heavy atom. The maximum absolute atomic E-state index is 9.98. The molecule has 0 saturated carbocycles. The average molecular weight is 193 g/mol. The third-order valence-electron chi connectivity index (χ3n) is 2.62. The topological polar surface area (TPSA) is 58.0 Å². The molecular weight excluding hydrogens is 178 g/mol. The summed E-state index contributed by atoms with van der Waals surface area (Å²) in [6.07, 6.45) is 7.72. The van der Waals surface area contributed by atoms with Gasteiger partial charge < -0.3 is 10.4 Å². The maximum atomic E-state index is 9.98. The van der Waals surface area contributed by atoms with Gasteiger partial charge in [-0.2, -0.15) is 0 Å². The van der Waals surface area contributed by atoms with E-state index in [1.54, 1.807) is 18.6 Å². The van der Waals surface area contributed by atoms with Gasteiger partial charge in [0.2, 0.25) is 0 Å². The molecule has 14 heavy (non-hydrogen) atoms. The molecule has 2 rings (SSSR count). The molecule has 0 radical (unpaired) electrons.